The number of thiazole rings is 1. The summed E-state index contributed by atoms with van der Waals surface area (Å²) in [7, 11) is 0. The number of benzene rings is 1. The highest BCUT2D eigenvalue weighted by atomic mass is 32.1. The average Bonchev–Trinajstić information content (AvgIpc) is 2.71. The monoisotopic (exact) mass is 278 g/mol. The standard InChI is InChI=1S/C14H18N2O2S/c1-4-17-11-7-6-10(8-12(11)18-5-2)13-9(3)19-14(15)16-13/h6-8H,4-5H2,1-3H3,(H2,15,16). The van der Waals surface area contributed by atoms with Gasteiger partial charge in [-0.3, -0.25) is 0 Å². The second-order valence-corrected chi connectivity index (χ2v) is 5.22. The number of nitrogens with zero attached hydrogens (tertiary/aromatic N) is 1. The molecule has 0 saturated carbocycles. The number of ether oxygens (including phenoxy) is 2. The van der Waals surface area contributed by atoms with Gasteiger partial charge in [0.2, 0.25) is 0 Å². The van der Waals surface area contributed by atoms with Crippen molar-refractivity contribution in [3.05, 3.63) is 23.1 Å². The predicted molar refractivity (Wildman–Crippen MR) is 79.0 cm³/mol. The lowest BCUT2D eigenvalue weighted by molar-refractivity contribution is 0.288. The number of nitrogens with two attached hydrogens (primary N) is 1. The van der Waals surface area contributed by atoms with Gasteiger partial charge >= 0.3 is 0 Å². The van der Waals surface area contributed by atoms with Crippen LogP contribution < -0.4 is 15.2 Å². The highest BCUT2D eigenvalue weighted by molar-refractivity contribution is 7.15. The largest absolute Gasteiger partial charge is 0.490 e. The Morgan fingerprint density at radius 3 is 2.42 bits per heavy atom. The van der Waals surface area contributed by atoms with Crippen molar-refractivity contribution in [2.75, 3.05) is 18.9 Å². The van der Waals surface area contributed by atoms with Crippen LogP contribution in [0.1, 0.15) is 18.7 Å². The van der Waals surface area contributed by atoms with E-state index in [2.05, 4.69) is 4.98 Å². The summed E-state index contributed by atoms with van der Waals surface area (Å²) < 4.78 is 11.2. The van der Waals surface area contributed by atoms with E-state index in [9.17, 15) is 0 Å². The summed E-state index contributed by atoms with van der Waals surface area (Å²) in [6.07, 6.45) is 0. The molecule has 102 valence electrons. The van der Waals surface area contributed by atoms with E-state index < -0.39 is 0 Å². The Balaban J connectivity index is 2.42. The quantitative estimate of drug-likeness (QED) is 0.909. The fraction of sp³-hybridized carbons (Fsp3) is 0.357. The number of aryl methyl sites for hydroxylation is 1. The van der Waals surface area contributed by atoms with Crippen molar-refractivity contribution in [1.29, 1.82) is 0 Å². The van der Waals surface area contributed by atoms with Gasteiger partial charge in [-0.2, -0.15) is 0 Å². The lowest BCUT2D eigenvalue weighted by Crippen LogP contribution is -1.98. The van der Waals surface area contributed by atoms with Crippen molar-refractivity contribution in [3.8, 4) is 22.8 Å². The van der Waals surface area contributed by atoms with Crippen molar-refractivity contribution in [2.24, 2.45) is 0 Å². The van der Waals surface area contributed by atoms with Crippen LogP contribution in [0.4, 0.5) is 5.13 Å². The number of hydrogen-bond acceptors (Lipinski definition) is 5. The summed E-state index contributed by atoms with van der Waals surface area (Å²) in [5, 5.41) is 0.583. The van der Waals surface area contributed by atoms with Gasteiger partial charge in [-0.15, -0.1) is 11.3 Å². The minimum absolute atomic E-state index is 0.583. The molecule has 1 aromatic carbocycles. The number of rotatable bonds is 5. The Bertz CT molecular complexity index is 567. The van der Waals surface area contributed by atoms with Gasteiger partial charge < -0.3 is 15.2 Å². The maximum atomic E-state index is 5.74. The van der Waals surface area contributed by atoms with Gasteiger partial charge in [0.05, 0.1) is 18.9 Å². The first kappa shape index (κ1) is 13.7. The average molecular weight is 278 g/mol. The summed E-state index contributed by atoms with van der Waals surface area (Å²) in [4.78, 5) is 5.46. The van der Waals surface area contributed by atoms with Crippen LogP contribution in [-0.4, -0.2) is 18.2 Å². The molecule has 2 rings (SSSR count). The number of nitrogen functional groups attached to an aromatic ring is 1. The molecule has 5 heteroatoms. The third-order valence-corrected chi connectivity index (χ3v) is 3.43. The van der Waals surface area contributed by atoms with Crippen molar-refractivity contribution < 1.29 is 9.47 Å². The van der Waals surface area contributed by atoms with Crippen LogP contribution >= 0.6 is 11.3 Å². The predicted octanol–water partition coefficient (Wildman–Crippen LogP) is 3.50. The van der Waals surface area contributed by atoms with Crippen LogP contribution in [-0.2, 0) is 0 Å². The minimum atomic E-state index is 0.583. The van der Waals surface area contributed by atoms with E-state index in [1.807, 2.05) is 39.0 Å². The molecular weight excluding hydrogens is 260 g/mol. The normalized spacial score (nSPS) is 10.5. The zero-order chi connectivity index (χ0) is 13.8. The molecule has 0 aliphatic heterocycles. The minimum Gasteiger partial charge on any atom is -0.490 e. The van der Waals surface area contributed by atoms with Crippen molar-refractivity contribution >= 4 is 16.5 Å². The lowest BCUT2D eigenvalue weighted by atomic mass is 10.1. The van der Waals surface area contributed by atoms with Crippen molar-refractivity contribution in [3.63, 3.8) is 0 Å². The maximum absolute atomic E-state index is 5.74. The van der Waals surface area contributed by atoms with Crippen LogP contribution in [0, 0.1) is 6.92 Å². The van der Waals surface area contributed by atoms with Gasteiger partial charge in [0.25, 0.3) is 0 Å². The van der Waals surface area contributed by atoms with E-state index in [1.165, 1.54) is 11.3 Å². The first-order valence-corrected chi connectivity index (χ1v) is 7.10. The maximum Gasteiger partial charge on any atom is 0.180 e. The molecule has 0 saturated heterocycles. The fourth-order valence-electron chi connectivity index (χ4n) is 1.88. The van der Waals surface area contributed by atoms with Crippen molar-refractivity contribution in [1.82, 2.24) is 4.98 Å². The summed E-state index contributed by atoms with van der Waals surface area (Å²) in [6.45, 7) is 7.13. The molecule has 0 bridgehead atoms. The van der Waals surface area contributed by atoms with Crippen LogP contribution in [0.25, 0.3) is 11.3 Å². The summed E-state index contributed by atoms with van der Waals surface area (Å²) in [5.41, 5.74) is 7.65. The van der Waals surface area contributed by atoms with E-state index in [4.69, 9.17) is 15.2 Å². The molecular formula is C14H18N2O2S. The van der Waals surface area contributed by atoms with Gasteiger partial charge in [-0.1, -0.05) is 0 Å². The van der Waals surface area contributed by atoms with Crippen LogP contribution in [0.3, 0.4) is 0 Å². The SMILES string of the molecule is CCOc1ccc(-c2nc(N)sc2C)cc1OCC. The Morgan fingerprint density at radius 1 is 1.16 bits per heavy atom. The molecule has 0 unspecified atom stereocenters. The molecule has 2 aromatic rings. The zero-order valence-electron chi connectivity index (χ0n) is 11.4. The van der Waals surface area contributed by atoms with E-state index in [0.29, 0.717) is 18.3 Å². The van der Waals surface area contributed by atoms with Gasteiger partial charge in [0.1, 0.15) is 0 Å². The first-order valence-electron chi connectivity index (χ1n) is 6.28. The highest BCUT2D eigenvalue weighted by Gasteiger charge is 2.12. The molecule has 0 fully saturated rings. The molecule has 0 amide bonds. The third-order valence-electron chi connectivity index (χ3n) is 2.63. The molecule has 0 atom stereocenters. The van der Waals surface area contributed by atoms with Gasteiger partial charge in [0, 0.05) is 10.4 Å². The molecule has 0 aliphatic rings. The Hall–Kier alpha value is -1.75. The second kappa shape index (κ2) is 5.93. The van der Waals surface area contributed by atoms with E-state index in [1.54, 1.807) is 0 Å². The number of aromatic nitrogens is 1. The highest BCUT2D eigenvalue weighted by Crippen LogP contribution is 2.35. The fourth-order valence-corrected chi connectivity index (χ4v) is 2.59. The summed E-state index contributed by atoms with van der Waals surface area (Å²) >= 11 is 1.49. The van der Waals surface area contributed by atoms with E-state index in [-0.39, 0.29) is 0 Å². The lowest BCUT2D eigenvalue weighted by Gasteiger charge is -2.12. The zero-order valence-corrected chi connectivity index (χ0v) is 12.2. The Morgan fingerprint density at radius 2 is 1.84 bits per heavy atom. The first-order chi connectivity index (χ1) is 9.15. The van der Waals surface area contributed by atoms with E-state index >= 15 is 0 Å². The van der Waals surface area contributed by atoms with Crippen LogP contribution in [0.5, 0.6) is 11.5 Å². The Labute approximate surface area is 117 Å². The summed E-state index contributed by atoms with van der Waals surface area (Å²) in [6, 6.07) is 5.85. The summed E-state index contributed by atoms with van der Waals surface area (Å²) in [5.74, 6) is 1.50. The molecule has 4 nitrogen and oxygen atoms in total. The molecule has 0 spiro atoms. The molecule has 1 aromatic heterocycles. The van der Waals surface area contributed by atoms with Crippen LogP contribution in [0.2, 0.25) is 0 Å². The molecule has 2 N–H and O–H groups in total. The van der Waals surface area contributed by atoms with Gasteiger partial charge in [0.15, 0.2) is 16.6 Å². The molecule has 1 heterocycles. The third kappa shape index (κ3) is 2.98. The smallest absolute Gasteiger partial charge is 0.180 e. The van der Waals surface area contributed by atoms with Gasteiger partial charge in [-0.25, -0.2) is 4.98 Å². The van der Waals surface area contributed by atoms with Gasteiger partial charge in [-0.05, 0) is 39.0 Å². The number of hydrogen-bond donors (Lipinski definition) is 1. The topological polar surface area (TPSA) is 57.4 Å². The van der Waals surface area contributed by atoms with E-state index in [0.717, 1.165) is 27.6 Å². The molecule has 0 radical (unpaired) electrons. The van der Waals surface area contributed by atoms with Crippen molar-refractivity contribution in [2.45, 2.75) is 20.8 Å². The second-order valence-electron chi connectivity index (χ2n) is 3.98. The molecule has 19 heavy (non-hydrogen) atoms. The molecule has 0 aliphatic carbocycles. The number of anilines is 1. The Kier molecular flexibility index (Phi) is 4.27. The van der Waals surface area contributed by atoms with Crippen LogP contribution in [0.15, 0.2) is 18.2 Å².